The molecule has 2 nitrogen and oxygen atoms in total. The van der Waals surface area contributed by atoms with E-state index in [2.05, 4.69) is 36.5 Å². The summed E-state index contributed by atoms with van der Waals surface area (Å²) in [7, 11) is 0. The third kappa shape index (κ3) is 2.86. The number of hydrogen-bond acceptors (Lipinski definition) is 2. The summed E-state index contributed by atoms with van der Waals surface area (Å²) < 4.78 is 5.93. The second-order valence-electron chi connectivity index (χ2n) is 5.35. The maximum absolute atomic E-state index is 5.93. The molecule has 1 aliphatic heterocycles. The molecule has 0 bridgehead atoms. The SMILES string of the molecule is CCC1Cc2ccccc2C(COc2ccccc2)N1. The summed E-state index contributed by atoms with van der Waals surface area (Å²) >= 11 is 0. The van der Waals surface area contributed by atoms with Crippen molar-refractivity contribution in [3.05, 3.63) is 65.7 Å². The first-order valence-corrected chi connectivity index (χ1v) is 7.38. The molecular weight excluding hydrogens is 246 g/mol. The molecule has 20 heavy (non-hydrogen) atoms. The van der Waals surface area contributed by atoms with Crippen molar-refractivity contribution in [1.82, 2.24) is 5.32 Å². The van der Waals surface area contributed by atoms with E-state index in [0.29, 0.717) is 12.6 Å². The summed E-state index contributed by atoms with van der Waals surface area (Å²) in [5.41, 5.74) is 2.84. The second kappa shape index (κ2) is 6.10. The number of benzene rings is 2. The fourth-order valence-electron chi connectivity index (χ4n) is 2.86. The largest absolute Gasteiger partial charge is 0.492 e. The smallest absolute Gasteiger partial charge is 0.119 e. The number of ether oxygens (including phenoxy) is 1. The van der Waals surface area contributed by atoms with Crippen LogP contribution in [0.2, 0.25) is 0 Å². The number of fused-ring (bicyclic) bond motifs is 1. The monoisotopic (exact) mass is 267 g/mol. The highest BCUT2D eigenvalue weighted by atomic mass is 16.5. The van der Waals surface area contributed by atoms with Crippen molar-refractivity contribution in [1.29, 1.82) is 0 Å². The molecule has 0 fully saturated rings. The Balaban J connectivity index is 1.75. The summed E-state index contributed by atoms with van der Waals surface area (Å²) in [5, 5.41) is 3.70. The molecule has 2 heteroatoms. The molecule has 2 unspecified atom stereocenters. The van der Waals surface area contributed by atoms with Crippen LogP contribution in [0.3, 0.4) is 0 Å². The Bertz CT molecular complexity index is 552. The van der Waals surface area contributed by atoms with E-state index >= 15 is 0 Å². The first kappa shape index (κ1) is 13.2. The molecule has 104 valence electrons. The Morgan fingerprint density at radius 2 is 1.80 bits per heavy atom. The molecule has 2 aromatic rings. The van der Waals surface area contributed by atoms with Gasteiger partial charge in [-0.1, -0.05) is 49.4 Å². The molecule has 1 N–H and O–H groups in total. The van der Waals surface area contributed by atoms with Gasteiger partial charge in [0.1, 0.15) is 12.4 Å². The molecule has 0 amide bonds. The number of nitrogens with one attached hydrogen (secondary N) is 1. The molecule has 0 radical (unpaired) electrons. The number of rotatable bonds is 4. The zero-order chi connectivity index (χ0) is 13.8. The Hall–Kier alpha value is -1.80. The average molecular weight is 267 g/mol. The minimum Gasteiger partial charge on any atom is -0.492 e. The summed E-state index contributed by atoms with van der Waals surface area (Å²) in [5.74, 6) is 0.936. The van der Waals surface area contributed by atoms with Gasteiger partial charge in [0.15, 0.2) is 0 Å². The van der Waals surface area contributed by atoms with Crippen LogP contribution in [0.4, 0.5) is 0 Å². The topological polar surface area (TPSA) is 21.3 Å². The molecule has 2 atom stereocenters. The van der Waals surface area contributed by atoms with Gasteiger partial charge in [0.25, 0.3) is 0 Å². The van der Waals surface area contributed by atoms with Gasteiger partial charge in [0.05, 0.1) is 6.04 Å². The molecule has 2 aromatic carbocycles. The summed E-state index contributed by atoms with van der Waals surface area (Å²) in [6.45, 7) is 2.91. The molecule has 0 aromatic heterocycles. The minimum atomic E-state index is 0.283. The van der Waals surface area contributed by atoms with Crippen LogP contribution in [0.25, 0.3) is 0 Å². The van der Waals surface area contributed by atoms with Crippen LogP contribution in [0.15, 0.2) is 54.6 Å². The van der Waals surface area contributed by atoms with E-state index in [1.807, 2.05) is 30.3 Å². The molecule has 0 spiro atoms. The van der Waals surface area contributed by atoms with Crippen molar-refractivity contribution >= 4 is 0 Å². The van der Waals surface area contributed by atoms with E-state index in [4.69, 9.17) is 4.74 Å². The predicted molar refractivity (Wildman–Crippen MR) is 82.0 cm³/mol. The van der Waals surface area contributed by atoms with Crippen molar-refractivity contribution in [3.63, 3.8) is 0 Å². The molecular formula is C18H21NO. The number of hydrogen-bond donors (Lipinski definition) is 1. The van der Waals surface area contributed by atoms with E-state index in [0.717, 1.165) is 18.6 Å². The summed E-state index contributed by atoms with van der Waals surface area (Å²) in [6.07, 6.45) is 2.27. The van der Waals surface area contributed by atoms with Crippen LogP contribution in [0.5, 0.6) is 5.75 Å². The van der Waals surface area contributed by atoms with Gasteiger partial charge in [0, 0.05) is 6.04 Å². The highest BCUT2D eigenvalue weighted by Gasteiger charge is 2.25. The van der Waals surface area contributed by atoms with Gasteiger partial charge in [-0.3, -0.25) is 0 Å². The quantitative estimate of drug-likeness (QED) is 0.911. The zero-order valence-electron chi connectivity index (χ0n) is 11.9. The third-order valence-electron chi connectivity index (χ3n) is 3.99. The van der Waals surface area contributed by atoms with E-state index in [-0.39, 0.29) is 6.04 Å². The van der Waals surface area contributed by atoms with Crippen LogP contribution in [0, 0.1) is 0 Å². The van der Waals surface area contributed by atoms with E-state index in [1.165, 1.54) is 11.1 Å². The zero-order valence-corrected chi connectivity index (χ0v) is 11.9. The van der Waals surface area contributed by atoms with Gasteiger partial charge in [-0.05, 0) is 36.1 Å². The van der Waals surface area contributed by atoms with Crippen LogP contribution in [0.1, 0.15) is 30.5 Å². The number of para-hydroxylation sites is 1. The third-order valence-corrected chi connectivity index (χ3v) is 3.99. The average Bonchev–Trinajstić information content (AvgIpc) is 2.53. The van der Waals surface area contributed by atoms with Crippen molar-refractivity contribution in [2.24, 2.45) is 0 Å². The first-order valence-electron chi connectivity index (χ1n) is 7.38. The molecule has 0 saturated heterocycles. The fraction of sp³-hybridized carbons (Fsp3) is 0.333. The van der Waals surface area contributed by atoms with Crippen LogP contribution < -0.4 is 10.1 Å². The van der Waals surface area contributed by atoms with Crippen molar-refractivity contribution in [2.45, 2.75) is 31.8 Å². The molecule has 1 heterocycles. The Morgan fingerprint density at radius 1 is 1.05 bits per heavy atom. The highest BCUT2D eigenvalue weighted by molar-refractivity contribution is 5.33. The Kier molecular flexibility index (Phi) is 4.03. The maximum Gasteiger partial charge on any atom is 0.119 e. The lowest BCUT2D eigenvalue weighted by molar-refractivity contribution is 0.242. The lowest BCUT2D eigenvalue weighted by Crippen LogP contribution is -2.41. The fourth-order valence-corrected chi connectivity index (χ4v) is 2.86. The van der Waals surface area contributed by atoms with E-state index in [9.17, 15) is 0 Å². The maximum atomic E-state index is 5.93. The second-order valence-corrected chi connectivity index (χ2v) is 5.35. The lowest BCUT2D eigenvalue weighted by atomic mass is 9.89. The van der Waals surface area contributed by atoms with Gasteiger partial charge >= 0.3 is 0 Å². The summed E-state index contributed by atoms with van der Waals surface area (Å²) in [4.78, 5) is 0. The van der Waals surface area contributed by atoms with Gasteiger partial charge < -0.3 is 10.1 Å². The lowest BCUT2D eigenvalue weighted by Gasteiger charge is -2.32. The molecule has 3 rings (SSSR count). The predicted octanol–water partition coefficient (Wildman–Crippen LogP) is 3.73. The standard InChI is InChI=1S/C18H21NO/c1-2-15-12-14-8-6-7-11-17(14)18(19-15)13-20-16-9-4-3-5-10-16/h3-11,15,18-19H,2,12-13H2,1H3. The van der Waals surface area contributed by atoms with Gasteiger partial charge in [0.2, 0.25) is 0 Å². The van der Waals surface area contributed by atoms with Gasteiger partial charge in [-0.25, -0.2) is 0 Å². The Labute approximate surface area is 120 Å². The first-order chi connectivity index (χ1) is 9.86. The van der Waals surface area contributed by atoms with Crippen molar-refractivity contribution < 1.29 is 4.74 Å². The van der Waals surface area contributed by atoms with Gasteiger partial charge in [-0.2, -0.15) is 0 Å². The van der Waals surface area contributed by atoms with Crippen molar-refractivity contribution in [3.8, 4) is 5.75 Å². The van der Waals surface area contributed by atoms with E-state index in [1.54, 1.807) is 0 Å². The minimum absolute atomic E-state index is 0.283. The molecule has 1 aliphatic rings. The van der Waals surface area contributed by atoms with Crippen LogP contribution >= 0.6 is 0 Å². The van der Waals surface area contributed by atoms with Crippen molar-refractivity contribution in [2.75, 3.05) is 6.61 Å². The highest BCUT2D eigenvalue weighted by Crippen LogP contribution is 2.27. The molecule has 0 aliphatic carbocycles. The van der Waals surface area contributed by atoms with Crippen LogP contribution in [-0.4, -0.2) is 12.6 Å². The molecule has 0 saturated carbocycles. The van der Waals surface area contributed by atoms with Crippen LogP contribution in [-0.2, 0) is 6.42 Å². The summed E-state index contributed by atoms with van der Waals surface area (Å²) in [6, 6.07) is 19.6. The normalized spacial score (nSPS) is 21.2. The van der Waals surface area contributed by atoms with Gasteiger partial charge in [-0.15, -0.1) is 0 Å². The Morgan fingerprint density at radius 3 is 2.60 bits per heavy atom. The van der Waals surface area contributed by atoms with E-state index < -0.39 is 0 Å².